The number of rotatable bonds is 5. The molecule has 9 heteroatoms. The molecular weight excluding hydrogens is 405 g/mol. The molecule has 0 saturated carbocycles. The van der Waals surface area contributed by atoms with E-state index in [0.29, 0.717) is 49.0 Å². The van der Waals surface area contributed by atoms with Gasteiger partial charge in [0.2, 0.25) is 0 Å². The van der Waals surface area contributed by atoms with E-state index in [9.17, 15) is 9.50 Å². The normalized spacial score (nSPS) is 18.1. The minimum Gasteiger partial charge on any atom is -0.387 e. The Morgan fingerprint density at radius 1 is 1.17 bits per heavy atom. The average molecular weight is 425 g/mol. The van der Waals surface area contributed by atoms with Gasteiger partial charge in [-0.3, -0.25) is 0 Å². The van der Waals surface area contributed by atoms with Gasteiger partial charge in [0.1, 0.15) is 11.6 Å². The molecule has 1 aliphatic heterocycles. The third-order valence-electron chi connectivity index (χ3n) is 5.25. The highest BCUT2D eigenvalue weighted by Gasteiger charge is 2.28. The first kappa shape index (κ1) is 19.1. The Balaban J connectivity index is 1.48. The number of hydrogen-bond donors (Lipinski definition) is 1. The summed E-state index contributed by atoms with van der Waals surface area (Å²) in [6.45, 7) is 1.73. The molecule has 0 radical (unpaired) electrons. The number of aromatic nitrogens is 4. The van der Waals surface area contributed by atoms with Crippen LogP contribution in [0.15, 0.2) is 53.9 Å². The van der Waals surface area contributed by atoms with E-state index in [1.807, 2.05) is 29.6 Å². The van der Waals surface area contributed by atoms with Gasteiger partial charge in [-0.1, -0.05) is 18.2 Å². The van der Waals surface area contributed by atoms with E-state index >= 15 is 0 Å². The summed E-state index contributed by atoms with van der Waals surface area (Å²) in [6.07, 6.45) is -0.0328. The molecule has 1 N–H and O–H groups in total. The fourth-order valence-electron chi connectivity index (χ4n) is 3.75. The molecule has 30 heavy (non-hydrogen) atoms. The summed E-state index contributed by atoms with van der Waals surface area (Å²) in [7, 11) is 0. The second-order valence-corrected chi connectivity index (χ2v) is 8.13. The fraction of sp³-hybridized carbons (Fsp3) is 0.286. The molecule has 4 aromatic rings. The van der Waals surface area contributed by atoms with Crippen LogP contribution in [0.5, 0.6) is 0 Å². The van der Waals surface area contributed by atoms with Crippen molar-refractivity contribution in [3.8, 4) is 11.4 Å². The van der Waals surface area contributed by atoms with Gasteiger partial charge >= 0.3 is 0 Å². The molecule has 154 valence electrons. The van der Waals surface area contributed by atoms with Crippen LogP contribution in [0.3, 0.4) is 0 Å². The lowest BCUT2D eigenvalue weighted by atomic mass is 10.1. The van der Waals surface area contributed by atoms with Gasteiger partial charge in [0.15, 0.2) is 11.5 Å². The van der Waals surface area contributed by atoms with Crippen molar-refractivity contribution in [3.05, 3.63) is 64.6 Å². The van der Waals surface area contributed by atoms with Crippen LogP contribution in [0, 0.1) is 5.82 Å². The monoisotopic (exact) mass is 425 g/mol. The number of hydrogen-bond acceptors (Lipinski definition) is 7. The first-order chi connectivity index (χ1) is 14.7. The van der Waals surface area contributed by atoms with Crippen LogP contribution < -0.4 is 4.90 Å². The summed E-state index contributed by atoms with van der Waals surface area (Å²) in [5.74, 6) is 0.697. The Morgan fingerprint density at radius 2 is 2.07 bits per heavy atom. The van der Waals surface area contributed by atoms with Crippen molar-refractivity contribution in [2.45, 2.75) is 18.6 Å². The first-order valence-corrected chi connectivity index (χ1v) is 10.6. The largest absolute Gasteiger partial charge is 0.387 e. The minimum absolute atomic E-state index is 0.0332. The molecule has 1 aliphatic rings. The van der Waals surface area contributed by atoms with Crippen molar-refractivity contribution in [3.63, 3.8) is 0 Å². The Labute approximate surface area is 176 Å². The topological polar surface area (TPSA) is 75.8 Å². The number of benzene rings is 1. The predicted octanol–water partition coefficient (Wildman–Crippen LogP) is 3.32. The molecule has 1 fully saturated rings. The lowest BCUT2D eigenvalue weighted by molar-refractivity contribution is 0.0683. The number of aliphatic hydroxyl groups excluding tert-OH is 1. The molecule has 0 spiro atoms. The van der Waals surface area contributed by atoms with Crippen molar-refractivity contribution in [2.75, 3.05) is 24.7 Å². The highest BCUT2D eigenvalue weighted by atomic mass is 32.1. The lowest BCUT2D eigenvalue weighted by Gasteiger charge is -2.37. The SMILES string of the molecule is OC(CC1COCCN1c1ccc2nnc(-c3ccccc3F)n2n1)c1cccs1. The van der Waals surface area contributed by atoms with Crippen LogP contribution in [0.25, 0.3) is 17.0 Å². The summed E-state index contributed by atoms with van der Waals surface area (Å²) in [5.41, 5.74) is 0.890. The number of fused-ring (bicyclic) bond motifs is 1. The van der Waals surface area contributed by atoms with Gasteiger partial charge in [0, 0.05) is 17.8 Å². The Kier molecular flexibility index (Phi) is 5.16. The molecule has 1 saturated heterocycles. The predicted molar refractivity (Wildman–Crippen MR) is 112 cm³/mol. The van der Waals surface area contributed by atoms with Crippen LogP contribution in [-0.2, 0) is 4.74 Å². The van der Waals surface area contributed by atoms with E-state index in [0.717, 1.165) is 4.88 Å². The number of anilines is 1. The van der Waals surface area contributed by atoms with Gasteiger partial charge in [0.05, 0.1) is 30.9 Å². The molecule has 5 rings (SSSR count). The number of halogens is 1. The quantitative estimate of drug-likeness (QED) is 0.529. The number of nitrogens with zero attached hydrogens (tertiary/aromatic N) is 5. The molecule has 2 unspecified atom stereocenters. The first-order valence-electron chi connectivity index (χ1n) is 9.74. The molecule has 1 aromatic carbocycles. The maximum absolute atomic E-state index is 14.3. The van der Waals surface area contributed by atoms with Crippen molar-refractivity contribution in [1.29, 1.82) is 0 Å². The molecule has 3 aromatic heterocycles. The van der Waals surface area contributed by atoms with Crippen molar-refractivity contribution >= 4 is 22.8 Å². The molecule has 0 amide bonds. The van der Waals surface area contributed by atoms with Crippen LogP contribution in [0.2, 0.25) is 0 Å². The van der Waals surface area contributed by atoms with Crippen molar-refractivity contribution < 1.29 is 14.2 Å². The molecule has 4 heterocycles. The van der Waals surface area contributed by atoms with E-state index in [1.165, 1.54) is 17.4 Å². The summed E-state index contributed by atoms with van der Waals surface area (Å²) < 4.78 is 21.6. The van der Waals surface area contributed by atoms with Gasteiger partial charge in [-0.25, -0.2) is 4.39 Å². The third-order valence-corrected chi connectivity index (χ3v) is 6.23. The second-order valence-electron chi connectivity index (χ2n) is 7.15. The third kappa shape index (κ3) is 3.55. The van der Waals surface area contributed by atoms with Gasteiger partial charge < -0.3 is 14.7 Å². The minimum atomic E-state index is -0.563. The lowest BCUT2D eigenvalue weighted by Crippen LogP contribution is -2.46. The van der Waals surface area contributed by atoms with Crippen LogP contribution in [0.4, 0.5) is 10.2 Å². The second kappa shape index (κ2) is 8.10. The highest BCUT2D eigenvalue weighted by molar-refractivity contribution is 7.10. The standard InChI is InChI=1S/C21H20FN5O2S/c22-16-5-2-1-4-15(16)21-24-23-19-7-8-20(25-27(19)21)26-9-10-29-13-14(26)12-17(28)18-6-3-11-30-18/h1-8,11,14,17,28H,9-10,12-13H2. The number of thiophene rings is 1. The van der Waals surface area contributed by atoms with E-state index in [1.54, 1.807) is 22.7 Å². The Morgan fingerprint density at radius 3 is 2.90 bits per heavy atom. The van der Waals surface area contributed by atoms with Gasteiger partial charge in [-0.2, -0.15) is 4.52 Å². The van der Waals surface area contributed by atoms with E-state index in [2.05, 4.69) is 15.1 Å². The van der Waals surface area contributed by atoms with E-state index < -0.39 is 6.10 Å². The molecule has 7 nitrogen and oxygen atoms in total. The summed E-state index contributed by atoms with van der Waals surface area (Å²) in [4.78, 5) is 3.06. The molecular formula is C21H20FN5O2S. The van der Waals surface area contributed by atoms with E-state index in [-0.39, 0.29) is 11.9 Å². The zero-order valence-corrected chi connectivity index (χ0v) is 16.9. The average Bonchev–Trinajstić information content (AvgIpc) is 3.44. The summed E-state index contributed by atoms with van der Waals surface area (Å²) in [5, 5.41) is 25.6. The zero-order chi connectivity index (χ0) is 20.5. The molecule has 0 bridgehead atoms. The van der Waals surface area contributed by atoms with Gasteiger partial charge in [-0.05, 0) is 35.7 Å². The van der Waals surface area contributed by atoms with Crippen LogP contribution in [-0.4, -0.2) is 50.7 Å². The molecule has 2 atom stereocenters. The van der Waals surface area contributed by atoms with Gasteiger partial charge in [-0.15, -0.1) is 26.6 Å². The van der Waals surface area contributed by atoms with Crippen molar-refractivity contribution in [1.82, 2.24) is 19.8 Å². The van der Waals surface area contributed by atoms with Crippen LogP contribution >= 0.6 is 11.3 Å². The number of ether oxygens (including phenoxy) is 1. The maximum atomic E-state index is 14.3. The molecule has 0 aliphatic carbocycles. The smallest absolute Gasteiger partial charge is 0.188 e. The van der Waals surface area contributed by atoms with Crippen molar-refractivity contribution in [2.24, 2.45) is 0 Å². The number of aliphatic hydroxyl groups is 1. The summed E-state index contributed by atoms with van der Waals surface area (Å²) in [6, 6.07) is 14.0. The number of morpholine rings is 1. The van der Waals surface area contributed by atoms with Crippen LogP contribution in [0.1, 0.15) is 17.4 Å². The summed E-state index contributed by atoms with van der Waals surface area (Å²) >= 11 is 1.54. The Bertz CT molecular complexity index is 1150. The fourth-order valence-corrected chi connectivity index (χ4v) is 4.47. The maximum Gasteiger partial charge on any atom is 0.188 e. The Hall–Kier alpha value is -2.88. The highest BCUT2D eigenvalue weighted by Crippen LogP contribution is 2.29. The van der Waals surface area contributed by atoms with E-state index in [4.69, 9.17) is 9.84 Å². The van der Waals surface area contributed by atoms with Gasteiger partial charge in [0.25, 0.3) is 0 Å². The zero-order valence-electron chi connectivity index (χ0n) is 16.1.